The van der Waals surface area contributed by atoms with Crippen molar-refractivity contribution in [2.45, 2.75) is 43.3 Å². The van der Waals surface area contributed by atoms with Gasteiger partial charge in [-0.15, -0.1) is 10.2 Å². The Morgan fingerprint density at radius 2 is 1.90 bits per heavy atom. The average molecular weight is 444 g/mol. The lowest BCUT2D eigenvalue weighted by Crippen LogP contribution is -2.44. The van der Waals surface area contributed by atoms with Crippen molar-refractivity contribution in [3.63, 3.8) is 0 Å². The highest BCUT2D eigenvalue weighted by Crippen LogP contribution is 2.25. The van der Waals surface area contributed by atoms with Crippen LogP contribution < -0.4 is 15.5 Å². The number of rotatable bonds is 8. The molecule has 2 N–H and O–H groups in total. The van der Waals surface area contributed by atoms with Crippen LogP contribution in [-0.2, 0) is 16.1 Å². The SMILES string of the molecule is O=C(CSc1ccc(N2CCC[C@@H](C(=O)NC3CC3)C2)nn1)NCc1ccc(F)cc1. The van der Waals surface area contributed by atoms with Gasteiger partial charge in [0, 0.05) is 25.7 Å². The Morgan fingerprint density at radius 3 is 2.61 bits per heavy atom. The van der Waals surface area contributed by atoms with E-state index in [9.17, 15) is 14.0 Å². The molecular formula is C22H26FN5O2S. The number of carbonyl (C=O) groups is 2. The molecule has 2 aromatic rings. The number of halogens is 1. The van der Waals surface area contributed by atoms with Crippen molar-refractivity contribution < 1.29 is 14.0 Å². The van der Waals surface area contributed by atoms with Gasteiger partial charge in [0.2, 0.25) is 11.8 Å². The van der Waals surface area contributed by atoms with Gasteiger partial charge in [-0.25, -0.2) is 4.39 Å². The van der Waals surface area contributed by atoms with Crippen molar-refractivity contribution in [1.82, 2.24) is 20.8 Å². The molecule has 0 bridgehead atoms. The van der Waals surface area contributed by atoms with Crippen LogP contribution in [0.5, 0.6) is 0 Å². The quantitative estimate of drug-likeness (QED) is 0.610. The van der Waals surface area contributed by atoms with Crippen molar-refractivity contribution in [3.8, 4) is 0 Å². The Labute approximate surface area is 185 Å². The molecule has 0 unspecified atom stereocenters. The minimum absolute atomic E-state index is 0.00463. The van der Waals surface area contributed by atoms with Crippen LogP contribution in [0, 0.1) is 11.7 Å². The number of piperidine rings is 1. The monoisotopic (exact) mass is 443 g/mol. The van der Waals surface area contributed by atoms with E-state index >= 15 is 0 Å². The molecule has 1 aromatic carbocycles. The molecule has 0 radical (unpaired) electrons. The predicted octanol–water partition coefficient (Wildman–Crippen LogP) is 2.52. The van der Waals surface area contributed by atoms with Gasteiger partial charge in [-0.05, 0) is 55.5 Å². The summed E-state index contributed by atoms with van der Waals surface area (Å²) in [6.45, 7) is 1.88. The second-order valence-corrected chi connectivity index (χ2v) is 8.99. The summed E-state index contributed by atoms with van der Waals surface area (Å²) < 4.78 is 12.9. The fourth-order valence-corrected chi connectivity index (χ4v) is 4.14. The van der Waals surface area contributed by atoms with Crippen LogP contribution in [0.4, 0.5) is 10.2 Å². The Bertz CT molecular complexity index is 905. The maximum absolute atomic E-state index is 12.9. The maximum atomic E-state index is 12.9. The van der Waals surface area contributed by atoms with Crippen molar-refractivity contribution in [1.29, 1.82) is 0 Å². The van der Waals surface area contributed by atoms with Crippen molar-refractivity contribution in [3.05, 3.63) is 47.8 Å². The average Bonchev–Trinajstić information content (AvgIpc) is 3.62. The molecule has 2 aliphatic rings. The van der Waals surface area contributed by atoms with Gasteiger partial charge in [-0.2, -0.15) is 0 Å². The third kappa shape index (κ3) is 6.40. The summed E-state index contributed by atoms with van der Waals surface area (Å²) in [5.41, 5.74) is 0.842. The summed E-state index contributed by atoms with van der Waals surface area (Å²) in [7, 11) is 0. The minimum Gasteiger partial charge on any atom is -0.354 e. The molecular weight excluding hydrogens is 417 g/mol. The number of anilines is 1. The Kier molecular flexibility index (Phi) is 7.01. The zero-order chi connectivity index (χ0) is 21.6. The van der Waals surface area contributed by atoms with Crippen LogP contribution in [-0.4, -0.2) is 46.9 Å². The predicted molar refractivity (Wildman–Crippen MR) is 117 cm³/mol. The summed E-state index contributed by atoms with van der Waals surface area (Å²) in [6.07, 6.45) is 4.05. The summed E-state index contributed by atoms with van der Waals surface area (Å²) in [5.74, 6) is 0.709. The van der Waals surface area contributed by atoms with E-state index in [4.69, 9.17) is 0 Å². The zero-order valence-electron chi connectivity index (χ0n) is 17.2. The van der Waals surface area contributed by atoms with Crippen molar-refractivity contribution >= 4 is 29.4 Å². The largest absolute Gasteiger partial charge is 0.354 e. The number of aromatic nitrogens is 2. The lowest BCUT2D eigenvalue weighted by Gasteiger charge is -2.32. The van der Waals surface area contributed by atoms with E-state index in [0.717, 1.165) is 43.6 Å². The summed E-state index contributed by atoms with van der Waals surface area (Å²) in [5, 5.41) is 15.1. The molecule has 164 valence electrons. The first-order chi connectivity index (χ1) is 15.1. The second kappa shape index (κ2) is 10.1. The molecule has 31 heavy (non-hydrogen) atoms. The van der Waals surface area contributed by atoms with Crippen LogP contribution in [0.25, 0.3) is 0 Å². The van der Waals surface area contributed by atoms with E-state index < -0.39 is 0 Å². The van der Waals surface area contributed by atoms with Crippen molar-refractivity contribution in [2.75, 3.05) is 23.7 Å². The number of nitrogens with one attached hydrogen (secondary N) is 2. The van der Waals surface area contributed by atoms with Gasteiger partial charge in [0.1, 0.15) is 10.8 Å². The highest BCUT2D eigenvalue weighted by molar-refractivity contribution is 7.99. The molecule has 1 aliphatic heterocycles. The zero-order valence-corrected chi connectivity index (χ0v) is 18.0. The first-order valence-electron chi connectivity index (χ1n) is 10.6. The number of carbonyl (C=O) groups excluding carboxylic acids is 2. The van der Waals surface area contributed by atoms with Gasteiger partial charge in [0.15, 0.2) is 5.82 Å². The number of benzene rings is 1. The van der Waals surface area contributed by atoms with E-state index in [0.29, 0.717) is 24.2 Å². The number of thioether (sulfide) groups is 1. The van der Waals surface area contributed by atoms with Crippen LogP contribution in [0.1, 0.15) is 31.2 Å². The highest BCUT2D eigenvalue weighted by Gasteiger charge is 2.30. The van der Waals surface area contributed by atoms with E-state index in [2.05, 4.69) is 25.7 Å². The van der Waals surface area contributed by atoms with Gasteiger partial charge in [0.25, 0.3) is 0 Å². The first kappa shape index (κ1) is 21.5. The van der Waals surface area contributed by atoms with Crippen molar-refractivity contribution in [2.24, 2.45) is 5.92 Å². The molecule has 1 atom stereocenters. The van der Waals surface area contributed by atoms with Gasteiger partial charge in [0.05, 0.1) is 11.7 Å². The molecule has 1 saturated heterocycles. The molecule has 1 aromatic heterocycles. The minimum atomic E-state index is -0.297. The molecule has 2 amide bonds. The van der Waals surface area contributed by atoms with Crippen LogP contribution in [0.3, 0.4) is 0 Å². The fourth-order valence-electron chi connectivity index (χ4n) is 3.50. The van der Waals surface area contributed by atoms with E-state index in [1.54, 1.807) is 12.1 Å². The van der Waals surface area contributed by atoms with Gasteiger partial charge < -0.3 is 15.5 Å². The summed E-state index contributed by atoms with van der Waals surface area (Å²) in [4.78, 5) is 26.5. The Morgan fingerprint density at radius 1 is 1.10 bits per heavy atom. The highest BCUT2D eigenvalue weighted by atomic mass is 32.2. The fraction of sp³-hybridized carbons (Fsp3) is 0.455. The molecule has 1 saturated carbocycles. The summed E-state index contributed by atoms with van der Waals surface area (Å²) in [6, 6.07) is 10.2. The van der Waals surface area contributed by atoms with Gasteiger partial charge in [-0.3, -0.25) is 9.59 Å². The first-order valence-corrected chi connectivity index (χ1v) is 11.6. The standard InChI is InChI=1S/C22H26FN5O2S/c23-17-5-3-15(4-6-17)12-24-20(29)14-31-21-10-9-19(26-27-21)28-11-1-2-16(13-28)22(30)25-18-7-8-18/h3-6,9-10,16,18H,1-2,7-8,11-14H2,(H,24,29)(H,25,30)/t16-/m1/s1. The van der Waals surface area contributed by atoms with Gasteiger partial charge in [-0.1, -0.05) is 23.9 Å². The molecule has 2 fully saturated rings. The number of amides is 2. The molecule has 7 nitrogen and oxygen atoms in total. The Hall–Kier alpha value is -2.68. The summed E-state index contributed by atoms with van der Waals surface area (Å²) >= 11 is 1.31. The molecule has 2 heterocycles. The van der Waals surface area contributed by atoms with E-state index in [1.807, 2.05) is 12.1 Å². The molecule has 9 heteroatoms. The Balaban J connectivity index is 1.22. The van der Waals surface area contributed by atoms with Crippen LogP contribution >= 0.6 is 11.8 Å². The lowest BCUT2D eigenvalue weighted by atomic mass is 9.97. The molecule has 4 rings (SSSR count). The normalized spacial score (nSPS) is 18.5. The topological polar surface area (TPSA) is 87.2 Å². The second-order valence-electron chi connectivity index (χ2n) is 7.99. The van der Waals surface area contributed by atoms with Crippen LogP contribution in [0.2, 0.25) is 0 Å². The number of hydrogen-bond acceptors (Lipinski definition) is 6. The maximum Gasteiger partial charge on any atom is 0.230 e. The molecule has 0 spiro atoms. The number of hydrogen-bond donors (Lipinski definition) is 2. The smallest absolute Gasteiger partial charge is 0.230 e. The lowest BCUT2D eigenvalue weighted by molar-refractivity contribution is -0.125. The van der Waals surface area contributed by atoms with Crippen LogP contribution in [0.15, 0.2) is 41.4 Å². The third-order valence-corrected chi connectivity index (χ3v) is 6.34. The third-order valence-electron chi connectivity index (χ3n) is 5.42. The number of nitrogens with zero attached hydrogens (tertiary/aromatic N) is 3. The van der Waals surface area contributed by atoms with E-state index in [-0.39, 0.29) is 29.3 Å². The van der Waals surface area contributed by atoms with Gasteiger partial charge >= 0.3 is 0 Å². The molecule has 1 aliphatic carbocycles. The van der Waals surface area contributed by atoms with E-state index in [1.165, 1.54) is 23.9 Å².